The van der Waals surface area contributed by atoms with Crippen LogP contribution in [-0.4, -0.2) is 10.9 Å². The Morgan fingerprint density at radius 2 is 1.96 bits per heavy atom. The van der Waals surface area contributed by atoms with Gasteiger partial charge >= 0.3 is 0 Å². The number of rotatable bonds is 4. The second-order valence-electron chi connectivity index (χ2n) is 7.95. The van der Waals surface area contributed by atoms with Crippen LogP contribution in [0.15, 0.2) is 40.8 Å². The van der Waals surface area contributed by atoms with E-state index in [4.69, 9.17) is 16.0 Å². The molecule has 0 saturated carbocycles. The summed E-state index contributed by atoms with van der Waals surface area (Å²) >= 11 is 6.26. The number of oxazole rings is 1. The van der Waals surface area contributed by atoms with Crippen molar-refractivity contribution in [1.82, 2.24) is 4.98 Å². The van der Waals surface area contributed by atoms with E-state index in [1.807, 2.05) is 32.9 Å². The normalized spacial score (nSPS) is 13.0. The Morgan fingerprint density at radius 3 is 2.63 bits per heavy atom. The Morgan fingerprint density at radius 1 is 1.22 bits per heavy atom. The minimum atomic E-state index is -0.511. The molecule has 0 radical (unpaired) electrons. The average molecular weight is 385 g/mol. The monoisotopic (exact) mass is 384 g/mol. The minimum Gasteiger partial charge on any atom is -0.436 e. The van der Waals surface area contributed by atoms with Gasteiger partial charge in [0, 0.05) is 11.0 Å². The molecule has 142 valence electrons. The van der Waals surface area contributed by atoms with Gasteiger partial charge in [-0.3, -0.25) is 4.79 Å². The van der Waals surface area contributed by atoms with E-state index >= 15 is 0 Å². The molecule has 27 heavy (non-hydrogen) atoms. The molecule has 0 unspecified atom stereocenters. The van der Waals surface area contributed by atoms with E-state index in [-0.39, 0.29) is 5.91 Å². The summed E-state index contributed by atoms with van der Waals surface area (Å²) in [6, 6.07) is 11.5. The van der Waals surface area contributed by atoms with Gasteiger partial charge in [-0.15, -0.1) is 0 Å². The summed E-state index contributed by atoms with van der Waals surface area (Å²) in [7, 11) is 0. The smallest absolute Gasteiger partial charge is 0.229 e. The molecule has 0 aliphatic rings. The molecule has 1 N–H and O–H groups in total. The Balaban J connectivity index is 1.96. The number of nitrogens with zero attached hydrogens (tertiary/aromatic N) is 1. The fourth-order valence-electron chi connectivity index (χ4n) is 2.67. The first-order valence-electron chi connectivity index (χ1n) is 9.21. The van der Waals surface area contributed by atoms with Crippen LogP contribution in [0.1, 0.15) is 52.5 Å². The third-order valence-electron chi connectivity index (χ3n) is 4.74. The molecular formula is C22H25ClN2O2. The minimum absolute atomic E-state index is 0.0997. The predicted octanol–water partition coefficient (Wildman–Crippen LogP) is 6.65. The van der Waals surface area contributed by atoms with Gasteiger partial charge in [-0.2, -0.15) is 0 Å². The lowest BCUT2D eigenvalue weighted by Gasteiger charge is -2.18. The largest absolute Gasteiger partial charge is 0.436 e. The zero-order valence-corrected chi connectivity index (χ0v) is 17.1. The molecule has 0 aliphatic carbocycles. The fourth-order valence-corrected chi connectivity index (χ4v) is 2.84. The van der Waals surface area contributed by atoms with Gasteiger partial charge in [0.25, 0.3) is 0 Å². The summed E-state index contributed by atoms with van der Waals surface area (Å²) < 4.78 is 5.92. The van der Waals surface area contributed by atoms with E-state index in [2.05, 4.69) is 36.3 Å². The number of anilines is 1. The molecule has 5 heteroatoms. The van der Waals surface area contributed by atoms with Crippen LogP contribution in [0.5, 0.6) is 0 Å². The number of carbonyl (C=O) groups excluding carboxylic acids is 1. The molecular weight excluding hydrogens is 360 g/mol. The number of benzene rings is 2. The number of hydrogen-bond acceptors (Lipinski definition) is 3. The van der Waals surface area contributed by atoms with Gasteiger partial charge in [0.15, 0.2) is 5.58 Å². The lowest BCUT2D eigenvalue weighted by Crippen LogP contribution is -2.27. The number of halogens is 1. The van der Waals surface area contributed by atoms with E-state index in [0.29, 0.717) is 22.5 Å². The molecule has 3 aromatic rings. The first-order valence-corrected chi connectivity index (χ1v) is 9.58. The summed E-state index contributed by atoms with van der Waals surface area (Å²) in [5, 5.41) is 3.36. The Bertz CT molecular complexity index is 986. The van der Waals surface area contributed by atoms with E-state index in [1.54, 1.807) is 12.1 Å². The van der Waals surface area contributed by atoms with Crippen LogP contribution in [0, 0.1) is 5.41 Å². The van der Waals surface area contributed by atoms with Gasteiger partial charge in [-0.1, -0.05) is 52.3 Å². The Kier molecular flexibility index (Phi) is 5.29. The zero-order chi connectivity index (χ0) is 19.8. The predicted molar refractivity (Wildman–Crippen MR) is 111 cm³/mol. The van der Waals surface area contributed by atoms with Crippen molar-refractivity contribution >= 4 is 34.3 Å². The van der Waals surface area contributed by atoms with E-state index in [9.17, 15) is 4.79 Å². The SMILES string of the molecule is CC[C@H](C)c1ccc2oc(-c3ccc(Cl)c(NC(=O)C(C)(C)C)c3)nc2c1. The van der Waals surface area contributed by atoms with Gasteiger partial charge < -0.3 is 9.73 Å². The van der Waals surface area contributed by atoms with Crippen LogP contribution in [0.25, 0.3) is 22.6 Å². The number of carbonyl (C=O) groups is 1. The number of hydrogen-bond donors (Lipinski definition) is 1. The third-order valence-corrected chi connectivity index (χ3v) is 5.07. The van der Waals surface area contributed by atoms with Crippen molar-refractivity contribution < 1.29 is 9.21 Å². The third kappa shape index (κ3) is 4.16. The van der Waals surface area contributed by atoms with Crippen molar-refractivity contribution in [2.45, 2.75) is 47.0 Å². The van der Waals surface area contributed by atoms with Crippen molar-refractivity contribution in [3.63, 3.8) is 0 Å². The van der Waals surface area contributed by atoms with Gasteiger partial charge in [0.05, 0.1) is 10.7 Å². The van der Waals surface area contributed by atoms with Crippen LogP contribution >= 0.6 is 11.6 Å². The summed E-state index contributed by atoms with van der Waals surface area (Å²) in [5.41, 5.74) is 3.63. The highest BCUT2D eigenvalue weighted by Gasteiger charge is 2.22. The molecule has 0 spiro atoms. The summed E-state index contributed by atoms with van der Waals surface area (Å²) in [4.78, 5) is 16.9. The maximum absolute atomic E-state index is 12.3. The maximum atomic E-state index is 12.3. The molecule has 3 rings (SSSR count). The first kappa shape index (κ1) is 19.4. The molecule has 1 atom stereocenters. The number of fused-ring (bicyclic) bond motifs is 1. The Labute approximate surface area is 164 Å². The average Bonchev–Trinajstić information content (AvgIpc) is 3.05. The van der Waals surface area contributed by atoms with Gasteiger partial charge in [-0.05, 0) is 48.2 Å². The van der Waals surface area contributed by atoms with E-state index < -0.39 is 5.41 Å². The molecule has 0 fully saturated rings. The van der Waals surface area contributed by atoms with E-state index in [1.165, 1.54) is 5.56 Å². The first-order chi connectivity index (χ1) is 12.7. The highest BCUT2D eigenvalue weighted by Crippen LogP contribution is 2.32. The zero-order valence-electron chi connectivity index (χ0n) is 16.4. The van der Waals surface area contributed by atoms with Crippen molar-refractivity contribution in [2.75, 3.05) is 5.32 Å². The number of amides is 1. The quantitative estimate of drug-likeness (QED) is 0.548. The van der Waals surface area contributed by atoms with Crippen LogP contribution in [0.2, 0.25) is 5.02 Å². The second kappa shape index (κ2) is 7.35. The van der Waals surface area contributed by atoms with Crippen LogP contribution in [0.4, 0.5) is 5.69 Å². The Hall–Kier alpha value is -2.33. The van der Waals surface area contributed by atoms with Crippen LogP contribution in [0.3, 0.4) is 0 Å². The maximum Gasteiger partial charge on any atom is 0.229 e. The molecule has 0 aliphatic heterocycles. The van der Waals surface area contributed by atoms with E-state index in [0.717, 1.165) is 23.1 Å². The van der Waals surface area contributed by atoms with Gasteiger partial charge in [0.1, 0.15) is 5.52 Å². The van der Waals surface area contributed by atoms with Crippen molar-refractivity contribution in [3.05, 3.63) is 47.0 Å². The summed E-state index contributed by atoms with van der Waals surface area (Å²) in [6.45, 7) is 9.94. The van der Waals surface area contributed by atoms with Crippen molar-refractivity contribution in [3.8, 4) is 11.5 Å². The van der Waals surface area contributed by atoms with Gasteiger partial charge in [-0.25, -0.2) is 4.98 Å². The lowest BCUT2D eigenvalue weighted by molar-refractivity contribution is -0.123. The standard InChI is InChI=1S/C22H25ClN2O2/c1-6-13(2)14-8-10-19-18(11-14)24-20(27-19)15-7-9-16(23)17(12-15)25-21(26)22(3,4)5/h7-13H,6H2,1-5H3,(H,25,26)/t13-/m0/s1. The topological polar surface area (TPSA) is 55.1 Å². The molecule has 1 amide bonds. The highest BCUT2D eigenvalue weighted by molar-refractivity contribution is 6.33. The molecule has 4 nitrogen and oxygen atoms in total. The lowest BCUT2D eigenvalue weighted by atomic mass is 9.95. The summed E-state index contributed by atoms with van der Waals surface area (Å²) in [5.74, 6) is 0.885. The molecule has 2 aromatic carbocycles. The van der Waals surface area contributed by atoms with Crippen LogP contribution in [-0.2, 0) is 4.79 Å². The number of aromatic nitrogens is 1. The molecule has 1 heterocycles. The summed E-state index contributed by atoms with van der Waals surface area (Å²) in [6.07, 6.45) is 1.07. The van der Waals surface area contributed by atoms with Crippen molar-refractivity contribution in [1.29, 1.82) is 0 Å². The number of nitrogens with one attached hydrogen (secondary N) is 1. The molecule has 1 aromatic heterocycles. The molecule has 0 saturated heterocycles. The van der Waals surface area contributed by atoms with Gasteiger partial charge in [0.2, 0.25) is 11.8 Å². The second-order valence-corrected chi connectivity index (χ2v) is 8.36. The van der Waals surface area contributed by atoms with Crippen molar-refractivity contribution in [2.24, 2.45) is 5.41 Å². The highest BCUT2D eigenvalue weighted by atomic mass is 35.5. The fraction of sp³-hybridized carbons (Fsp3) is 0.364. The molecule has 0 bridgehead atoms. The van der Waals surface area contributed by atoms with Crippen LogP contribution < -0.4 is 5.32 Å².